The quantitative estimate of drug-likeness (QED) is 0.873. The van der Waals surface area contributed by atoms with E-state index in [9.17, 15) is 9.59 Å². The fraction of sp³-hybridized carbons (Fsp3) is 0.304. The average molecular weight is 360 g/mol. The molecule has 27 heavy (non-hydrogen) atoms. The first kappa shape index (κ1) is 17.5. The molecule has 0 spiro atoms. The van der Waals surface area contributed by atoms with E-state index in [1.54, 1.807) is 0 Å². The molecular formula is C23H24N2O2. The number of rotatable bonds is 4. The molecule has 1 N–H and O–H groups in total. The largest absolute Gasteiger partial charge is 0.325 e. The summed E-state index contributed by atoms with van der Waals surface area (Å²) < 4.78 is 0. The third-order valence-corrected chi connectivity index (χ3v) is 5.64. The minimum Gasteiger partial charge on any atom is -0.325 e. The highest BCUT2D eigenvalue weighted by molar-refractivity contribution is 5.99. The number of hydrogen-bond donors (Lipinski definition) is 1. The molecule has 2 amide bonds. The number of fused-ring (bicyclic) bond motifs is 1. The van der Waals surface area contributed by atoms with Gasteiger partial charge in [-0.05, 0) is 43.4 Å². The molecule has 2 aromatic rings. The van der Waals surface area contributed by atoms with E-state index in [-0.39, 0.29) is 11.8 Å². The summed E-state index contributed by atoms with van der Waals surface area (Å²) in [6.45, 7) is 0.520. The van der Waals surface area contributed by atoms with Crippen LogP contribution in [-0.2, 0) is 16.1 Å². The summed E-state index contributed by atoms with van der Waals surface area (Å²) in [6.07, 6.45) is 5.77. The summed E-state index contributed by atoms with van der Waals surface area (Å²) in [5.74, 6) is 0.111. The van der Waals surface area contributed by atoms with E-state index >= 15 is 0 Å². The van der Waals surface area contributed by atoms with Crippen LogP contribution in [0.2, 0.25) is 0 Å². The highest BCUT2D eigenvalue weighted by Crippen LogP contribution is 2.47. The van der Waals surface area contributed by atoms with Gasteiger partial charge in [-0.25, -0.2) is 0 Å². The smallest absolute Gasteiger partial charge is 0.236 e. The normalized spacial score (nSPS) is 22.0. The Morgan fingerprint density at radius 1 is 1.00 bits per heavy atom. The van der Waals surface area contributed by atoms with Crippen molar-refractivity contribution < 1.29 is 9.59 Å². The van der Waals surface area contributed by atoms with Gasteiger partial charge < -0.3 is 10.2 Å². The Kier molecular flexibility index (Phi) is 4.80. The van der Waals surface area contributed by atoms with E-state index in [1.807, 2.05) is 65.6 Å². The van der Waals surface area contributed by atoms with Crippen molar-refractivity contribution in [2.24, 2.45) is 5.41 Å². The first-order valence-corrected chi connectivity index (χ1v) is 9.60. The summed E-state index contributed by atoms with van der Waals surface area (Å²) in [6, 6.07) is 19.5. The van der Waals surface area contributed by atoms with Crippen LogP contribution in [0.3, 0.4) is 0 Å². The molecule has 0 radical (unpaired) electrons. The van der Waals surface area contributed by atoms with Gasteiger partial charge in [-0.15, -0.1) is 0 Å². The zero-order chi connectivity index (χ0) is 18.7. The van der Waals surface area contributed by atoms with Crippen molar-refractivity contribution in [1.82, 2.24) is 4.90 Å². The van der Waals surface area contributed by atoms with Crippen LogP contribution in [-0.4, -0.2) is 16.7 Å². The standard InChI is InChI=1S/C23H24N2O2/c26-21-14-16-23(22(27)24-19-11-5-2-6-12-19)15-8-7-13-20(23)25(21)17-18-9-3-1-4-10-18/h1-6,9-13H,7-8,14-17H2,(H,24,27). The monoisotopic (exact) mass is 360 g/mol. The number of allylic oxidation sites excluding steroid dienone is 1. The summed E-state index contributed by atoms with van der Waals surface area (Å²) in [4.78, 5) is 27.9. The van der Waals surface area contributed by atoms with Gasteiger partial charge in [-0.3, -0.25) is 9.59 Å². The van der Waals surface area contributed by atoms with Crippen molar-refractivity contribution >= 4 is 17.5 Å². The molecule has 1 aliphatic heterocycles. The van der Waals surface area contributed by atoms with Crippen LogP contribution in [0.1, 0.15) is 37.7 Å². The number of piperidine rings is 1. The van der Waals surface area contributed by atoms with Gasteiger partial charge in [-0.2, -0.15) is 0 Å². The second-order valence-corrected chi connectivity index (χ2v) is 7.35. The molecule has 138 valence electrons. The van der Waals surface area contributed by atoms with E-state index in [0.29, 0.717) is 19.4 Å². The number of benzene rings is 2. The molecular weight excluding hydrogens is 336 g/mol. The van der Waals surface area contributed by atoms with Gasteiger partial charge in [0.05, 0.1) is 12.0 Å². The topological polar surface area (TPSA) is 49.4 Å². The number of nitrogens with zero attached hydrogens (tertiary/aromatic N) is 1. The van der Waals surface area contributed by atoms with E-state index < -0.39 is 5.41 Å². The van der Waals surface area contributed by atoms with Gasteiger partial charge in [0.25, 0.3) is 0 Å². The number of nitrogens with one attached hydrogen (secondary N) is 1. The average Bonchev–Trinajstić information content (AvgIpc) is 2.72. The molecule has 0 aromatic heterocycles. The predicted octanol–water partition coefficient (Wildman–Crippen LogP) is 4.50. The molecule has 1 fully saturated rings. The lowest BCUT2D eigenvalue weighted by atomic mass is 9.69. The van der Waals surface area contributed by atoms with Gasteiger partial charge >= 0.3 is 0 Å². The maximum absolute atomic E-state index is 13.3. The van der Waals surface area contributed by atoms with Crippen LogP contribution in [0, 0.1) is 5.41 Å². The zero-order valence-corrected chi connectivity index (χ0v) is 15.4. The Bertz CT molecular complexity index is 860. The number of para-hydroxylation sites is 1. The molecule has 1 saturated heterocycles. The zero-order valence-electron chi connectivity index (χ0n) is 15.4. The number of amides is 2. The summed E-state index contributed by atoms with van der Waals surface area (Å²) in [7, 11) is 0. The van der Waals surface area contributed by atoms with Crippen molar-refractivity contribution in [3.05, 3.63) is 78.0 Å². The van der Waals surface area contributed by atoms with Gasteiger partial charge in [0.1, 0.15) is 0 Å². The van der Waals surface area contributed by atoms with Crippen LogP contribution in [0.4, 0.5) is 5.69 Å². The Morgan fingerprint density at radius 2 is 1.70 bits per heavy atom. The summed E-state index contributed by atoms with van der Waals surface area (Å²) in [5.41, 5.74) is 2.16. The number of carbonyl (C=O) groups is 2. The molecule has 2 aliphatic rings. The third kappa shape index (κ3) is 3.39. The van der Waals surface area contributed by atoms with Crippen LogP contribution < -0.4 is 5.32 Å². The van der Waals surface area contributed by atoms with Gasteiger partial charge in [0.2, 0.25) is 11.8 Å². The molecule has 1 aliphatic carbocycles. The molecule has 1 heterocycles. The van der Waals surface area contributed by atoms with Crippen LogP contribution >= 0.6 is 0 Å². The lowest BCUT2D eigenvalue weighted by Gasteiger charge is -2.46. The molecule has 1 atom stereocenters. The maximum Gasteiger partial charge on any atom is 0.236 e. The molecule has 4 rings (SSSR count). The maximum atomic E-state index is 13.3. The number of likely N-dealkylation sites (tertiary alicyclic amines) is 1. The van der Waals surface area contributed by atoms with Crippen molar-refractivity contribution in [2.45, 2.75) is 38.6 Å². The Hall–Kier alpha value is -2.88. The minimum absolute atomic E-state index is 0.00483. The Labute approximate surface area is 159 Å². The number of hydrogen-bond acceptors (Lipinski definition) is 2. The van der Waals surface area contributed by atoms with E-state index in [2.05, 4.69) is 11.4 Å². The van der Waals surface area contributed by atoms with Crippen molar-refractivity contribution in [3.8, 4) is 0 Å². The molecule has 4 heteroatoms. The van der Waals surface area contributed by atoms with Crippen LogP contribution in [0.25, 0.3) is 0 Å². The minimum atomic E-state index is -0.614. The SMILES string of the molecule is O=C1CCC2(C(=O)Nc3ccccc3)CCCC=C2N1Cc1ccccc1. The predicted molar refractivity (Wildman–Crippen MR) is 106 cm³/mol. The third-order valence-electron chi connectivity index (χ3n) is 5.64. The second-order valence-electron chi connectivity index (χ2n) is 7.35. The number of carbonyl (C=O) groups excluding carboxylic acids is 2. The van der Waals surface area contributed by atoms with Crippen LogP contribution in [0.15, 0.2) is 72.4 Å². The fourth-order valence-electron chi connectivity index (χ4n) is 4.23. The molecule has 4 nitrogen and oxygen atoms in total. The second kappa shape index (κ2) is 7.39. The Balaban J connectivity index is 1.64. The molecule has 0 bridgehead atoms. The van der Waals surface area contributed by atoms with E-state index in [1.165, 1.54) is 0 Å². The van der Waals surface area contributed by atoms with Crippen LogP contribution in [0.5, 0.6) is 0 Å². The lowest BCUT2D eigenvalue weighted by molar-refractivity contribution is -0.138. The first-order valence-electron chi connectivity index (χ1n) is 9.60. The van der Waals surface area contributed by atoms with Crippen molar-refractivity contribution in [2.75, 3.05) is 5.32 Å². The van der Waals surface area contributed by atoms with Gasteiger partial charge in [0.15, 0.2) is 0 Å². The van der Waals surface area contributed by atoms with Crippen molar-refractivity contribution in [3.63, 3.8) is 0 Å². The van der Waals surface area contributed by atoms with Crippen molar-refractivity contribution in [1.29, 1.82) is 0 Å². The van der Waals surface area contributed by atoms with E-state index in [0.717, 1.165) is 36.2 Å². The molecule has 2 aromatic carbocycles. The number of anilines is 1. The molecule has 0 saturated carbocycles. The summed E-state index contributed by atoms with van der Waals surface area (Å²) >= 11 is 0. The van der Waals surface area contributed by atoms with Gasteiger partial charge in [-0.1, -0.05) is 54.6 Å². The summed E-state index contributed by atoms with van der Waals surface area (Å²) in [5, 5.41) is 3.08. The fourth-order valence-corrected chi connectivity index (χ4v) is 4.23. The first-order chi connectivity index (χ1) is 13.2. The van der Waals surface area contributed by atoms with Gasteiger partial charge in [0, 0.05) is 17.8 Å². The molecule has 1 unspecified atom stereocenters. The highest BCUT2D eigenvalue weighted by Gasteiger charge is 2.49. The lowest BCUT2D eigenvalue weighted by Crippen LogP contribution is -2.50. The Morgan fingerprint density at radius 3 is 2.44 bits per heavy atom. The highest BCUT2D eigenvalue weighted by atomic mass is 16.2. The van der Waals surface area contributed by atoms with E-state index in [4.69, 9.17) is 0 Å².